The van der Waals surface area contributed by atoms with E-state index in [-0.39, 0.29) is 11.9 Å². The number of amides is 1. The van der Waals surface area contributed by atoms with Gasteiger partial charge in [0, 0.05) is 39.0 Å². The summed E-state index contributed by atoms with van der Waals surface area (Å²) in [6.45, 7) is 0.792. The van der Waals surface area contributed by atoms with Crippen molar-refractivity contribution in [1.29, 1.82) is 0 Å². The average Bonchev–Trinajstić information content (AvgIpc) is 3.21. The molecule has 1 atom stereocenters. The van der Waals surface area contributed by atoms with Crippen molar-refractivity contribution < 1.29 is 4.79 Å². The van der Waals surface area contributed by atoms with Gasteiger partial charge in [-0.3, -0.25) is 14.5 Å². The van der Waals surface area contributed by atoms with Crippen LogP contribution in [0.2, 0.25) is 0 Å². The first kappa shape index (κ1) is 15.5. The zero-order valence-corrected chi connectivity index (χ0v) is 13.6. The fourth-order valence-corrected chi connectivity index (χ4v) is 3.06. The molecule has 3 rings (SSSR count). The zero-order chi connectivity index (χ0) is 16.2. The highest BCUT2D eigenvalue weighted by Gasteiger charge is 2.31. The lowest BCUT2D eigenvalue weighted by atomic mass is 10.1. The number of rotatable bonds is 5. The van der Waals surface area contributed by atoms with Crippen LogP contribution < -0.4 is 5.32 Å². The minimum Gasteiger partial charge on any atom is -0.372 e. The molecule has 2 aromatic rings. The number of hydrogen-bond donors (Lipinski definition) is 1. The van der Waals surface area contributed by atoms with E-state index in [0.717, 1.165) is 36.6 Å². The van der Waals surface area contributed by atoms with Gasteiger partial charge in [0.25, 0.3) is 0 Å². The Balaban J connectivity index is 1.68. The SMILES string of the molecule is CNc1cncc(C2CCCN2C(=O)CCc2ccnn2C)n1. The lowest BCUT2D eigenvalue weighted by Crippen LogP contribution is -2.31. The molecule has 0 bridgehead atoms. The predicted octanol–water partition coefficient (Wildman–Crippen LogP) is 1.55. The van der Waals surface area contributed by atoms with Crippen molar-refractivity contribution in [2.24, 2.45) is 7.05 Å². The molecule has 7 heteroatoms. The van der Waals surface area contributed by atoms with Crippen LogP contribution in [-0.2, 0) is 18.3 Å². The summed E-state index contributed by atoms with van der Waals surface area (Å²) in [5, 5.41) is 7.14. The number of carbonyl (C=O) groups is 1. The van der Waals surface area contributed by atoms with Gasteiger partial charge in [0.1, 0.15) is 5.82 Å². The molecule has 23 heavy (non-hydrogen) atoms. The van der Waals surface area contributed by atoms with Gasteiger partial charge < -0.3 is 10.2 Å². The summed E-state index contributed by atoms with van der Waals surface area (Å²) < 4.78 is 1.82. The van der Waals surface area contributed by atoms with Crippen LogP contribution in [0.3, 0.4) is 0 Å². The molecule has 0 aliphatic carbocycles. The van der Waals surface area contributed by atoms with E-state index in [9.17, 15) is 4.79 Å². The molecule has 2 aromatic heterocycles. The number of nitrogens with zero attached hydrogens (tertiary/aromatic N) is 5. The van der Waals surface area contributed by atoms with Crippen molar-refractivity contribution in [3.05, 3.63) is 36.0 Å². The Morgan fingerprint density at radius 1 is 1.43 bits per heavy atom. The topological polar surface area (TPSA) is 75.9 Å². The van der Waals surface area contributed by atoms with Crippen LogP contribution in [0.1, 0.15) is 36.7 Å². The first-order chi connectivity index (χ1) is 11.2. The standard InChI is InChI=1S/C16H22N6O/c1-17-15-11-18-10-13(20-15)14-4-3-9-22(14)16(23)6-5-12-7-8-19-21(12)2/h7-8,10-11,14H,3-6,9H2,1-2H3,(H,17,20). The van der Waals surface area contributed by atoms with Crippen LogP contribution in [0.5, 0.6) is 0 Å². The number of anilines is 1. The van der Waals surface area contributed by atoms with E-state index >= 15 is 0 Å². The second-order valence-corrected chi connectivity index (χ2v) is 5.77. The predicted molar refractivity (Wildman–Crippen MR) is 86.8 cm³/mol. The Labute approximate surface area is 135 Å². The van der Waals surface area contributed by atoms with E-state index in [1.807, 2.05) is 29.7 Å². The van der Waals surface area contributed by atoms with Crippen molar-refractivity contribution >= 4 is 11.7 Å². The number of nitrogens with one attached hydrogen (secondary N) is 1. The van der Waals surface area contributed by atoms with Gasteiger partial charge in [-0.1, -0.05) is 0 Å². The molecular formula is C16H22N6O. The van der Waals surface area contributed by atoms with Gasteiger partial charge in [0.2, 0.25) is 5.91 Å². The van der Waals surface area contributed by atoms with E-state index in [2.05, 4.69) is 20.4 Å². The first-order valence-corrected chi connectivity index (χ1v) is 7.95. The molecule has 1 amide bonds. The maximum absolute atomic E-state index is 12.6. The van der Waals surface area contributed by atoms with Gasteiger partial charge in [-0.05, 0) is 25.3 Å². The smallest absolute Gasteiger partial charge is 0.223 e. The van der Waals surface area contributed by atoms with Gasteiger partial charge in [-0.2, -0.15) is 5.10 Å². The van der Waals surface area contributed by atoms with Crippen LogP contribution in [0, 0.1) is 0 Å². The second-order valence-electron chi connectivity index (χ2n) is 5.77. The van der Waals surface area contributed by atoms with Crippen LogP contribution in [0.25, 0.3) is 0 Å². The van der Waals surface area contributed by atoms with Gasteiger partial charge in [0.15, 0.2) is 0 Å². The number of carbonyl (C=O) groups excluding carboxylic acids is 1. The maximum atomic E-state index is 12.6. The molecule has 0 aromatic carbocycles. The molecule has 3 heterocycles. The molecule has 122 valence electrons. The minimum atomic E-state index is 0.0369. The fraction of sp³-hybridized carbons (Fsp3) is 0.500. The Bertz CT molecular complexity index is 683. The minimum absolute atomic E-state index is 0.0369. The van der Waals surface area contributed by atoms with Gasteiger partial charge in [-0.25, -0.2) is 4.98 Å². The number of hydrogen-bond acceptors (Lipinski definition) is 5. The third-order valence-electron chi connectivity index (χ3n) is 4.34. The molecule has 1 aliphatic heterocycles. The summed E-state index contributed by atoms with van der Waals surface area (Å²) in [6.07, 6.45) is 8.37. The third kappa shape index (κ3) is 3.33. The summed E-state index contributed by atoms with van der Waals surface area (Å²) in [5.41, 5.74) is 1.94. The van der Waals surface area contributed by atoms with E-state index in [1.54, 1.807) is 18.6 Å². The summed E-state index contributed by atoms with van der Waals surface area (Å²) >= 11 is 0. The molecule has 1 N–H and O–H groups in total. The van der Waals surface area contributed by atoms with Crippen molar-refractivity contribution in [3.8, 4) is 0 Å². The number of aromatic nitrogens is 4. The van der Waals surface area contributed by atoms with Gasteiger partial charge in [0.05, 0.1) is 24.1 Å². The summed E-state index contributed by atoms with van der Waals surface area (Å²) in [6, 6.07) is 1.99. The molecular weight excluding hydrogens is 292 g/mol. The highest BCUT2D eigenvalue weighted by molar-refractivity contribution is 5.77. The Hall–Kier alpha value is -2.44. The number of aryl methyl sites for hydroxylation is 2. The van der Waals surface area contributed by atoms with E-state index in [1.165, 1.54) is 0 Å². The summed E-state index contributed by atoms with van der Waals surface area (Å²) in [4.78, 5) is 23.3. The van der Waals surface area contributed by atoms with Crippen LogP contribution in [0.15, 0.2) is 24.7 Å². The Kier molecular flexibility index (Phi) is 4.55. The Morgan fingerprint density at radius 3 is 3.04 bits per heavy atom. The monoisotopic (exact) mass is 314 g/mol. The lowest BCUT2D eigenvalue weighted by molar-refractivity contribution is -0.132. The quantitative estimate of drug-likeness (QED) is 0.906. The van der Waals surface area contributed by atoms with Crippen LogP contribution in [-0.4, -0.2) is 44.1 Å². The molecule has 7 nitrogen and oxygen atoms in total. The van der Waals surface area contributed by atoms with Crippen molar-refractivity contribution in [2.45, 2.75) is 31.7 Å². The molecule has 0 radical (unpaired) electrons. The zero-order valence-electron chi connectivity index (χ0n) is 13.6. The molecule has 1 aliphatic rings. The highest BCUT2D eigenvalue weighted by Crippen LogP contribution is 2.31. The normalized spacial score (nSPS) is 17.5. The van der Waals surface area contributed by atoms with Crippen LogP contribution >= 0.6 is 0 Å². The van der Waals surface area contributed by atoms with Gasteiger partial charge >= 0.3 is 0 Å². The number of likely N-dealkylation sites (tertiary alicyclic amines) is 1. The average molecular weight is 314 g/mol. The largest absolute Gasteiger partial charge is 0.372 e. The van der Waals surface area contributed by atoms with E-state index in [4.69, 9.17) is 0 Å². The molecule has 1 fully saturated rings. The van der Waals surface area contributed by atoms with Crippen LogP contribution in [0.4, 0.5) is 5.82 Å². The first-order valence-electron chi connectivity index (χ1n) is 7.95. The van der Waals surface area contributed by atoms with Crippen molar-refractivity contribution in [2.75, 3.05) is 18.9 Å². The van der Waals surface area contributed by atoms with Crippen molar-refractivity contribution in [3.63, 3.8) is 0 Å². The summed E-state index contributed by atoms with van der Waals surface area (Å²) in [7, 11) is 3.72. The highest BCUT2D eigenvalue weighted by atomic mass is 16.2. The van der Waals surface area contributed by atoms with E-state index < -0.39 is 0 Å². The summed E-state index contributed by atoms with van der Waals surface area (Å²) in [5.74, 6) is 0.905. The molecule has 0 spiro atoms. The Morgan fingerprint density at radius 2 is 2.30 bits per heavy atom. The molecule has 1 saturated heterocycles. The van der Waals surface area contributed by atoms with Gasteiger partial charge in [-0.15, -0.1) is 0 Å². The fourth-order valence-electron chi connectivity index (χ4n) is 3.06. The molecule has 1 unspecified atom stereocenters. The maximum Gasteiger partial charge on any atom is 0.223 e. The lowest BCUT2D eigenvalue weighted by Gasteiger charge is -2.24. The van der Waals surface area contributed by atoms with Crippen molar-refractivity contribution in [1.82, 2.24) is 24.6 Å². The third-order valence-corrected chi connectivity index (χ3v) is 4.34. The molecule has 0 saturated carbocycles. The van der Waals surface area contributed by atoms with E-state index in [0.29, 0.717) is 12.8 Å². The second kappa shape index (κ2) is 6.76.